The van der Waals surface area contributed by atoms with Gasteiger partial charge in [-0.25, -0.2) is 4.98 Å². The molecule has 0 saturated heterocycles. The lowest BCUT2D eigenvalue weighted by Crippen LogP contribution is -2.21. The van der Waals surface area contributed by atoms with Crippen molar-refractivity contribution in [1.82, 2.24) is 19.4 Å². The number of aromatic nitrogens is 3. The number of benzene rings is 2. The van der Waals surface area contributed by atoms with Gasteiger partial charge >= 0.3 is 0 Å². The van der Waals surface area contributed by atoms with E-state index in [1.54, 1.807) is 19.0 Å². The Morgan fingerprint density at radius 1 is 1.03 bits per heavy atom. The summed E-state index contributed by atoms with van der Waals surface area (Å²) in [5.41, 5.74) is 6.23. The number of anilines is 1. The second-order valence-electron chi connectivity index (χ2n) is 8.90. The van der Waals surface area contributed by atoms with Crippen molar-refractivity contribution in [3.63, 3.8) is 0 Å². The Balaban J connectivity index is 1.61. The molecule has 1 aliphatic carbocycles. The molecule has 33 heavy (non-hydrogen) atoms. The molecule has 2 aromatic heterocycles. The lowest BCUT2D eigenvalue weighted by atomic mass is 9.96. The SMILES string of the molecule is Cc1cc2c(C(=O)N(C)C)cccc2n1-c1nc2c(c(NCc3ccccc3)n1)CCCC2. The van der Waals surface area contributed by atoms with Gasteiger partial charge in [0.25, 0.3) is 5.91 Å². The molecule has 0 fully saturated rings. The van der Waals surface area contributed by atoms with E-state index in [-0.39, 0.29) is 5.91 Å². The normalized spacial score (nSPS) is 13.1. The van der Waals surface area contributed by atoms with Gasteiger partial charge in [-0.2, -0.15) is 4.98 Å². The van der Waals surface area contributed by atoms with Crippen LogP contribution in [0, 0.1) is 6.92 Å². The summed E-state index contributed by atoms with van der Waals surface area (Å²) in [6.07, 6.45) is 4.28. The maximum atomic E-state index is 12.8. The molecular formula is C27H29N5O. The van der Waals surface area contributed by atoms with Crippen LogP contribution in [0.25, 0.3) is 16.9 Å². The zero-order valence-electron chi connectivity index (χ0n) is 19.4. The number of nitrogens with one attached hydrogen (secondary N) is 1. The number of fused-ring (bicyclic) bond motifs is 2. The number of carbonyl (C=O) groups excluding carboxylic acids is 1. The van der Waals surface area contributed by atoms with E-state index in [2.05, 4.69) is 40.2 Å². The Morgan fingerprint density at radius 3 is 2.61 bits per heavy atom. The van der Waals surface area contributed by atoms with Gasteiger partial charge in [0, 0.05) is 42.8 Å². The van der Waals surface area contributed by atoms with Crippen LogP contribution in [-0.2, 0) is 19.4 Å². The predicted octanol–water partition coefficient (Wildman–Crippen LogP) is 4.92. The molecule has 0 atom stereocenters. The lowest BCUT2D eigenvalue weighted by Gasteiger charge is -2.21. The molecule has 0 bridgehead atoms. The smallest absolute Gasteiger partial charge is 0.254 e. The van der Waals surface area contributed by atoms with Crippen LogP contribution in [0.1, 0.15) is 45.7 Å². The second-order valence-corrected chi connectivity index (χ2v) is 8.90. The molecule has 1 amide bonds. The van der Waals surface area contributed by atoms with Crippen LogP contribution in [0.15, 0.2) is 54.6 Å². The number of hydrogen-bond donors (Lipinski definition) is 1. The molecule has 168 valence electrons. The number of carbonyl (C=O) groups is 1. The minimum absolute atomic E-state index is 0.00525. The monoisotopic (exact) mass is 439 g/mol. The average Bonchev–Trinajstić information content (AvgIpc) is 3.18. The molecule has 0 unspecified atom stereocenters. The third kappa shape index (κ3) is 3.97. The first-order chi connectivity index (χ1) is 16.0. The fraction of sp³-hybridized carbons (Fsp3) is 0.296. The van der Waals surface area contributed by atoms with Gasteiger partial charge in [-0.15, -0.1) is 0 Å². The van der Waals surface area contributed by atoms with E-state index < -0.39 is 0 Å². The third-order valence-corrected chi connectivity index (χ3v) is 6.34. The Kier molecular flexibility index (Phi) is 5.58. The van der Waals surface area contributed by atoms with Crippen molar-refractivity contribution in [2.24, 2.45) is 0 Å². The van der Waals surface area contributed by atoms with Gasteiger partial charge in [-0.05, 0) is 56.4 Å². The highest BCUT2D eigenvalue weighted by Crippen LogP contribution is 2.30. The van der Waals surface area contributed by atoms with E-state index in [0.717, 1.165) is 60.3 Å². The molecule has 0 radical (unpaired) electrons. The number of aryl methyl sites for hydroxylation is 2. The summed E-state index contributed by atoms with van der Waals surface area (Å²) >= 11 is 0. The molecule has 6 heteroatoms. The molecule has 0 spiro atoms. The van der Waals surface area contributed by atoms with Gasteiger partial charge < -0.3 is 10.2 Å². The van der Waals surface area contributed by atoms with Crippen molar-refractivity contribution < 1.29 is 4.79 Å². The van der Waals surface area contributed by atoms with Crippen LogP contribution >= 0.6 is 0 Å². The summed E-state index contributed by atoms with van der Waals surface area (Å²) < 4.78 is 2.07. The summed E-state index contributed by atoms with van der Waals surface area (Å²) in [4.78, 5) is 24.4. The van der Waals surface area contributed by atoms with E-state index >= 15 is 0 Å². The number of rotatable bonds is 5. The second kappa shape index (κ2) is 8.70. The number of nitrogens with zero attached hydrogens (tertiary/aromatic N) is 4. The van der Waals surface area contributed by atoms with E-state index in [1.165, 1.54) is 11.1 Å². The standard InChI is InChI=1S/C27H29N5O/c1-18-16-22-20(26(33)31(2)3)13-9-15-24(22)32(18)27-29-23-14-8-7-12-21(23)25(30-27)28-17-19-10-5-4-6-11-19/h4-6,9-11,13,15-16H,7-8,12,14,17H2,1-3H3,(H,28,29,30). The highest BCUT2D eigenvalue weighted by molar-refractivity contribution is 6.06. The van der Waals surface area contributed by atoms with Crippen molar-refractivity contribution in [3.8, 4) is 5.95 Å². The van der Waals surface area contributed by atoms with Gasteiger partial charge in [0.2, 0.25) is 5.95 Å². The zero-order chi connectivity index (χ0) is 22.9. The van der Waals surface area contributed by atoms with Gasteiger partial charge in [0.1, 0.15) is 5.82 Å². The average molecular weight is 440 g/mol. The summed E-state index contributed by atoms with van der Waals surface area (Å²) in [6, 6.07) is 18.3. The first-order valence-electron chi connectivity index (χ1n) is 11.5. The molecule has 6 nitrogen and oxygen atoms in total. The Labute approximate surface area is 194 Å². The predicted molar refractivity (Wildman–Crippen MR) is 132 cm³/mol. The maximum Gasteiger partial charge on any atom is 0.254 e. The lowest BCUT2D eigenvalue weighted by molar-refractivity contribution is 0.0829. The van der Waals surface area contributed by atoms with E-state index in [1.807, 2.05) is 31.2 Å². The summed E-state index contributed by atoms with van der Waals surface area (Å²) in [5.74, 6) is 1.57. The quantitative estimate of drug-likeness (QED) is 0.479. The maximum absolute atomic E-state index is 12.8. The molecule has 4 aromatic rings. The van der Waals surface area contributed by atoms with Crippen molar-refractivity contribution in [2.75, 3.05) is 19.4 Å². The van der Waals surface area contributed by atoms with Crippen LogP contribution < -0.4 is 5.32 Å². The summed E-state index contributed by atoms with van der Waals surface area (Å²) in [7, 11) is 3.56. The summed E-state index contributed by atoms with van der Waals surface area (Å²) in [6.45, 7) is 2.76. The van der Waals surface area contributed by atoms with Gasteiger partial charge in [0.05, 0.1) is 11.2 Å². The molecule has 5 rings (SSSR count). The van der Waals surface area contributed by atoms with E-state index in [0.29, 0.717) is 11.5 Å². The Hall–Kier alpha value is -3.67. The number of amides is 1. The highest BCUT2D eigenvalue weighted by atomic mass is 16.2. The van der Waals surface area contributed by atoms with Crippen LogP contribution in [-0.4, -0.2) is 39.4 Å². The van der Waals surface area contributed by atoms with Crippen molar-refractivity contribution in [3.05, 3.63) is 82.7 Å². The van der Waals surface area contributed by atoms with E-state index in [9.17, 15) is 4.79 Å². The molecule has 1 N–H and O–H groups in total. The fourth-order valence-corrected chi connectivity index (χ4v) is 4.66. The number of hydrogen-bond acceptors (Lipinski definition) is 4. The third-order valence-electron chi connectivity index (χ3n) is 6.34. The molecule has 1 aliphatic rings. The van der Waals surface area contributed by atoms with Crippen molar-refractivity contribution in [1.29, 1.82) is 0 Å². The first-order valence-corrected chi connectivity index (χ1v) is 11.5. The van der Waals surface area contributed by atoms with Crippen molar-refractivity contribution in [2.45, 2.75) is 39.2 Å². The van der Waals surface area contributed by atoms with Crippen LogP contribution in [0.4, 0.5) is 5.82 Å². The van der Waals surface area contributed by atoms with Gasteiger partial charge in [-0.1, -0.05) is 36.4 Å². The molecular weight excluding hydrogens is 410 g/mol. The minimum Gasteiger partial charge on any atom is -0.366 e. The van der Waals surface area contributed by atoms with E-state index in [4.69, 9.17) is 9.97 Å². The zero-order valence-corrected chi connectivity index (χ0v) is 19.4. The fourth-order valence-electron chi connectivity index (χ4n) is 4.66. The highest BCUT2D eigenvalue weighted by Gasteiger charge is 2.22. The molecule has 2 heterocycles. The topological polar surface area (TPSA) is 63.1 Å². The van der Waals surface area contributed by atoms with Crippen LogP contribution in [0.3, 0.4) is 0 Å². The van der Waals surface area contributed by atoms with Crippen LogP contribution in [0.2, 0.25) is 0 Å². The van der Waals surface area contributed by atoms with Gasteiger partial charge in [0.15, 0.2) is 0 Å². The Morgan fingerprint density at radius 2 is 1.82 bits per heavy atom. The summed E-state index contributed by atoms with van der Waals surface area (Å²) in [5, 5.41) is 4.50. The van der Waals surface area contributed by atoms with Crippen LogP contribution in [0.5, 0.6) is 0 Å². The molecule has 0 saturated carbocycles. The van der Waals surface area contributed by atoms with Gasteiger partial charge in [-0.3, -0.25) is 9.36 Å². The first kappa shape index (κ1) is 21.2. The Bertz CT molecular complexity index is 1320. The molecule has 0 aliphatic heterocycles. The molecule has 2 aromatic carbocycles. The largest absolute Gasteiger partial charge is 0.366 e. The van der Waals surface area contributed by atoms with Crippen molar-refractivity contribution >= 4 is 22.6 Å². The minimum atomic E-state index is -0.00525.